The van der Waals surface area contributed by atoms with E-state index in [1.165, 1.54) is 12.0 Å². The molecule has 23 heavy (non-hydrogen) atoms. The van der Waals surface area contributed by atoms with Crippen molar-refractivity contribution < 1.29 is 19.1 Å². The van der Waals surface area contributed by atoms with Crippen LogP contribution in [0.2, 0.25) is 0 Å². The Labute approximate surface area is 140 Å². The van der Waals surface area contributed by atoms with Crippen molar-refractivity contribution in [1.82, 2.24) is 15.2 Å². The number of nitrogens with one attached hydrogen (secondary N) is 1. The minimum absolute atomic E-state index is 0.193. The van der Waals surface area contributed by atoms with Crippen LogP contribution in [-0.2, 0) is 27.1 Å². The minimum atomic E-state index is -0.722. The van der Waals surface area contributed by atoms with Gasteiger partial charge in [0.2, 0.25) is 0 Å². The average Bonchev–Trinajstić information content (AvgIpc) is 3.01. The second-order valence-corrected chi connectivity index (χ2v) is 6.62. The zero-order valence-electron chi connectivity index (χ0n) is 13.7. The van der Waals surface area contributed by atoms with Gasteiger partial charge in [-0.3, -0.25) is 0 Å². The van der Waals surface area contributed by atoms with Crippen LogP contribution < -0.4 is 5.32 Å². The monoisotopic (exact) mass is 341 g/mol. The highest BCUT2D eigenvalue weighted by Crippen LogP contribution is 2.14. The number of aromatic nitrogens is 1. The van der Waals surface area contributed by atoms with Crippen molar-refractivity contribution in [1.29, 1.82) is 0 Å². The number of aryl methyl sites for hydroxylation is 1. The van der Waals surface area contributed by atoms with Crippen LogP contribution in [0.5, 0.6) is 0 Å². The molecule has 1 aliphatic rings. The maximum atomic E-state index is 12.2. The van der Waals surface area contributed by atoms with Crippen LogP contribution in [0.4, 0.5) is 4.79 Å². The molecule has 8 heteroatoms. The fraction of sp³-hybridized carbons (Fsp3) is 0.667. The van der Waals surface area contributed by atoms with Gasteiger partial charge >= 0.3 is 12.0 Å². The van der Waals surface area contributed by atoms with Gasteiger partial charge in [-0.05, 0) is 13.3 Å². The van der Waals surface area contributed by atoms with Gasteiger partial charge in [-0.2, -0.15) is 0 Å². The molecule has 1 N–H and O–H groups in total. The molecule has 1 fully saturated rings. The van der Waals surface area contributed by atoms with Crippen LogP contribution in [0.15, 0.2) is 6.20 Å². The predicted molar refractivity (Wildman–Crippen MR) is 86.5 cm³/mol. The summed E-state index contributed by atoms with van der Waals surface area (Å²) < 4.78 is 10.2. The Morgan fingerprint density at radius 2 is 2.30 bits per heavy atom. The van der Waals surface area contributed by atoms with Crippen LogP contribution in [0.3, 0.4) is 0 Å². The van der Waals surface area contributed by atoms with Crippen LogP contribution in [-0.4, -0.2) is 60.8 Å². The molecule has 2 amide bonds. The van der Waals surface area contributed by atoms with Gasteiger partial charge < -0.3 is 19.7 Å². The predicted octanol–water partition coefficient (Wildman–Crippen LogP) is 1.22. The zero-order chi connectivity index (χ0) is 16.8. The lowest BCUT2D eigenvalue weighted by Gasteiger charge is -2.35. The number of nitrogens with zero attached hydrogens (tertiary/aromatic N) is 2. The molecular formula is C15H23N3O4S. The van der Waals surface area contributed by atoms with Crippen molar-refractivity contribution in [2.75, 3.05) is 26.7 Å². The molecule has 0 saturated carbocycles. The molecule has 0 aliphatic carbocycles. The highest BCUT2D eigenvalue weighted by Gasteiger charge is 2.33. The van der Waals surface area contributed by atoms with E-state index >= 15 is 0 Å². The number of morpholine rings is 1. The Morgan fingerprint density at radius 3 is 2.96 bits per heavy atom. The van der Waals surface area contributed by atoms with Crippen LogP contribution in [0.1, 0.15) is 23.7 Å². The third kappa shape index (κ3) is 4.90. The van der Waals surface area contributed by atoms with E-state index in [-0.39, 0.29) is 18.7 Å². The van der Waals surface area contributed by atoms with E-state index < -0.39 is 12.1 Å². The van der Waals surface area contributed by atoms with Crippen LogP contribution >= 0.6 is 11.3 Å². The summed E-state index contributed by atoms with van der Waals surface area (Å²) in [5.74, 6) is -0.454. The van der Waals surface area contributed by atoms with E-state index in [9.17, 15) is 9.59 Å². The summed E-state index contributed by atoms with van der Waals surface area (Å²) in [6, 6.07) is -0.193. The SMILES string of the molecule is CCc1cnc(CCNC(=O)N2C[C@@H](C)O[C@@H](C(=O)OC)C2)s1. The Kier molecular flexibility index (Phi) is 6.35. The van der Waals surface area contributed by atoms with Gasteiger partial charge in [0.15, 0.2) is 6.10 Å². The number of carbonyl (C=O) groups is 2. The zero-order valence-corrected chi connectivity index (χ0v) is 14.5. The van der Waals surface area contributed by atoms with Gasteiger partial charge in [-0.15, -0.1) is 11.3 Å². The lowest BCUT2D eigenvalue weighted by molar-refractivity contribution is -0.164. The summed E-state index contributed by atoms with van der Waals surface area (Å²) in [5, 5.41) is 3.89. The molecule has 1 aromatic rings. The number of ether oxygens (including phenoxy) is 2. The lowest BCUT2D eigenvalue weighted by atomic mass is 10.2. The van der Waals surface area contributed by atoms with Crippen LogP contribution in [0.25, 0.3) is 0 Å². The fourth-order valence-electron chi connectivity index (χ4n) is 2.39. The number of rotatable bonds is 5. The first-order chi connectivity index (χ1) is 11.0. The second-order valence-electron chi connectivity index (χ2n) is 5.42. The molecule has 2 heterocycles. The van der Waals surface area contributed by atoms with Gasteiger partial charge in [0.1, 0.15) is 0 Å². The summed E-state index contributed by atoms with van der Waals surface area (Å²) >= 11 is 1.67. The van der Waals surface area contributed by atoms with E-state index in [0.29, 0.717) is 19.5 Å². The average molecular weight is 341 g/mol. The van der Waals surface area contributed by atoms with Gasteiger partial charge in [-0.25, -0.2) is 14.6 Å². The van der Waals surface area contributed by atoms with E-state index in [1.54, 1.807) is 16.2 Å². The highest BCUT2D eigenvalue weighted by molar-refractivity contribution is 7.11. The summed E-state index contributed by atoms with van der Waals surface area (Å²) in [4.78, 5) is 31.0. The number of hydrogen-bond acceptors (Lipinski definition) is 6. The number of hydrogen-bond donors (Lipinski definition) is 1. The smallest absolute Gasteiger partial charge is 0.336 e. The highest BCUT2D eigenvalue weighted by atomic mass is 32.1. The first kappa shape index (κ1) is 17.7. The first-order valence-electron chi connectivity index (χ1n) is 7.73. The first-order valence-corrected chi connectivity index (χ1v) is 8.54. The maximum absolute atomic E-state index is 12.2. The Morgan fingerprint density at radius 1 is 1.52 bits per heavy atom. The van der Waals surface area contributed by atoms with Crippen molar-refractivity contribution in [3.05, 3.63) is 16.1 Å². The number of esters is 1. The summed E-state index contributed by atoms with van der Waals surface area (Å²) in [6.45, 7) is 5.11. The molecule has 1 aliphatic heterocycles. The lowest BCUT2D eigenvalue weighted by Crippen LogP contribution is -2.54. The number of amides is 2. The van der Waals surface area contributed by atoms with Gasteiger partial charge in [-0.1, -0.05) is 6.92 Å². The Hall–Kier alpha value is -1.67. The minimum Gasteiger partial charge on any atom is -0.467 e. The summed E-state index contributed by atoms with van der Waals surface area (Å²) in [6.07, 6.45) is 2.64. The quantitative estimate of drug-likeness (QED) is 0.815. The van der Waals surface area contributed by atoms with Crippen molar-refractivity contribution in [2.24, 2.45) is 0 Å². The third-order valence-electron chi connectivity index (χ3n) is 3.58. The Bertz CT molecular complexity index is 549. The van der Waals surface area contributed by atoms with Crippen LogP contribution in [0, 0.1) is 0 Å². The standard InChI is InChI=1S/C15H23N3O4S/c1-4-11-7-17-13(23-11)5-6-16-15(20)18-8-10(2)22-12(9-18)14(19)21-3/h7,10,12H,4-6,8-9H2,1-3H3,(H,16,20)/t10-,12-/m1/s1. The van der Waals surface area contributed by atoms with E-state index in [0.717, 1.165) is 11.4 Å². The molecule has 0 aromatic carbocycles. The number of urea groups is 1. The third-order valence-corrected chi connectivity index (χ3v) is 4.78. The van der Waals surface area contributed by atoms with E-state index in [4.69, 9.17) is 4.74 Å². The molecule has 1 aromatic heterocycles. The number of thiazole rings is 1. The Balaban J connectivity index is 1.81. The molecule has 0 unspecified atom stereocenters. The normalized spacial score (nSPS) is 21.1. The fourth-order valence-corrected chi connectivity index (χ4v) is 3.26. The van der Waals surface area contributed by atoms with Crippen molar-refractivity contribution in [3.8, 4) is 0 Å². The number of carbonyl (C=O) groups excluding carboxylic acids is 2. The number of methoxy groups -OCH3 is 1. The largest absolute Gasteiger partial charge is 0.467 e. The topological polar surface area (TPSA) is 80.8 Å². The molecule has 0 bridgehead atoms. The molecule has 0 radical (unpaired) electrons. The summed E-state index contributed by atoms with van der Waals surface area (Å²) in [5.41, 5.74) is 0. The molecule has 2 rings (SSSR count). The molecular weight excluding hydrogens is 318 g/mol. The van der Waals surface area contributed by atoms with Crippen molar-refractivity contribution >= 4 is 23.3 Å². The van der Waals surface area contributed by atoms with Gasteiger partial charge in [0, 0.05) is 30.6 Å². The summed E-state index contributed by atoms with van der Waals surface area (Å²) in [7, 11) is 1.31. The molecule has 1 saturated heterocycles. The molecule has 128 valence electrons. The molecule has 2 atom stereocenters. The molecule has 7 nitrogen and oxygen atoms in total. The van der Waals surface area contributed by atoms with E-state index in [1.807, 2.05) is 13.1 Å². The van der Waals surface area contributed by atoms with Gasteiger partial charge in [0.05, 0.1) is 24.8 Å². The van der Waals surface area contributed by atoms with E-state index in [2.05, 4.69) is 22.0 Å². The van der Waals surface area contributed by atoms with Crippen molar-refractivity contribution in [3.63, 3.8) is 0 Å². The second kappa shape index (κ2) is 8.26. The van der Waals surface area contributed by atoms with Crippen molar-refractivity contribution in [2.45, 2.75) is 38.9 Å². The van der Waals surface area contributed by atoms with Gasteiger partial charge in [0.25, 0.3) is 0 Å². The molecule has 0 spiro atoms. The maximum Gasteiger partial charge on any atom is 0.336 e.